The number of pyridine rings is 2. The molecule has 0 aliphatic heterocycles. The zero-order valence-electron chi connectivity index (χ0n) is 20.5. The van der Waals surface area contributed by atoms with Crippen molar-refractivity contribution >= 4 is 22.8 Å². The molecule has 4 saturated carbocycles. The topological polar surface area (TPSA) is 76.0 Å². The van der Waals surface area contributed by atoms with E-state index >= 15 is 0 Å². The number of aromatic nitrogens is 2. The maximum atomic E-state index is 14.9. The summed E-state index contributed by atoms with van der Waals surface area (Å²) in [5.74, 6) is 0.453. The number of halogens is 2. The fourth-order valence-corrected chi connectivity index (χ4v) is 7.17. The number of hydrogen-bond donors (Lipinski definition) is 2. The Morgan fingerprint density at radius 2 is 1.72 bits per heavy atom. The van der Waals surface area contributed by atoms with E-state index in [1.54, 1.807) is 12.1 Å². The molecular formula is C28H30F2N4O2. The summed E-state index contributed by atoms with van der Waals surface area (Å²) in [4.78, 5) is 31.7. The highest BCUT2D eigenvalue weighted by Gasteiger charge is 2.51. The molecule has 4 bridgehead atoms. The molecule has 8 heteroatoms. The van der Waals surface area contributed by atoms with Crippen LogP contribution in [-0.2, 0) is 0 Å². The van der Waals surface area contributed by atoms with E-state index in [4.69, 9.17) is 0 Å². The summed E-state index contributed by atoms with van der Waals surface area (Å²) in [7, 11) is 0. The van der Waals surface area contributed by atoms with Crippen LogP contribution in [0.25, 0.3) is 16.7 Å². The van der Waals surface area contributed by atoms with Crippen molar-refractivity contribution in [3.8, 4) is 5.69 Å². The molecule has 2 heterocycles. The second kappa shape index (κ2) is 8.39. The van der Waals surface area contributed by atoms with Crippen LogP contribution in [-0.4, -0.2) is 27.0 Å². The number of amides is 1. The molecule has 0 saturated heterocycles. The first-order chi connectivity index (χ1) is 17.2. The van der Waals surface area contributed by atoms with Gasteiger partial charge in [-0.2, -0.15) is 0 Å². The van der Waals surface area contributed by atoms with Crippen molar-refractivity contribution in [3.63, 3.8) is 0 Å². The number of carbonyl (C=O) groups excluding carboxylic acids is 1. The summed E-state index contributed by atoms with van der Waals surface area (Å²) in [5, 5.41) is 6.63. The van der Waals surface area contributed by atoms with Gasteiger partial charge >= 0.3 is 0 Å². The number of anilines is 1. The Morgan fingerprint density at radius 1 is 1.06 bits per heavy atom. The number of nitrogens with one attached hydrogen (secondary N) is 2. The van der Waals surface area contributed by atoms with Crippen molar-refractivity contribution in [1.82, 2.24) is 14.9 Å². The minimum absolute atomic E-state index is 0.0134. The maximum absolute atomic E-state index is 14.9. The quantitative estimate of drug-likeness (QED) is 0.515. The van der Waals surface area contributed by atoms with Gasteiger partial charge in [-0.25, -0.2) is 13.8 Å². The van der Waals surface area contributed by atoms with Crippen molar-refractivity contribution in [2.75, 3.05) is 5.32 Å². The van der Waals surface area contributed by atoms with Crippen molar-refractivity contribution in [2.45, 2.75) is 64.0 Å². The minimum Gasteiger partial charge on any atom is -0.368 e. The molecule has 1 aromatic carbocycles. The molecule has 0 radical (unpaired) electrons. The lowest BCUT2D eigenvalue weighted by atomic mass is 9.53. The monoisotopic (exact) mass is 492 g/mol. The number of nitrogens with zero attached hydrogens (tertiary/aromatic N) is 2. The van der Waals surface area contributed by atoms with Gasteiger partial charge in [0.25, 0.3) is 5.91 Å². The molecule has 0 atom stereocenters. The fourth-order valence-electron chi connectivity index (χ4n) is 7.17. The molecule has 4 fully saturated rings. The van der Waals surface area contributed by atoms with Crippen LogP contribution < -0.4 is 16.1 Å². The second-order valence-electron chi connectivity index (χ2n) is 11.4. The molecule has 2 aromatic heterocycles. The van der Waals surface area contributed by atoms with Crippen molar-refractivity contribution in [2.24, 2.45) is 17.8 Å². The first-order valence-corrected chi connectivity index (χ1v) is 12.8. The van der Waals surface area contributed by atoms with Gasteiger partial charge in [0.1, 0.15) is 23.0 Å². The van der Waals surface area contributed by atoms with Gasteiger partial charge in [-0.15, -0.1) is 0 Å². The van der Waals surface area contributed by atoms with Crippen LogP contribution in [0.15, 0.2) is 41.3 Å². The zero-order chi connectivity index (χ0) is 25.2. The summed E-state index contributed by atoms with van der Waals surface area (Å²) >= 11 is 0. The van der Waals surface area contributed by atoms with Crippen LogP contribution in [0.3, 0.4) is 0 Å². The van der Waals surface area contributed by atoms with E-state index in [0.717, 1.165) is 31.4 Å². The Kier molecular flexibility index (Phi) is 5.39. The fraction of sp³-hybridized carbons (Fsp3) is 0.464. The van der Waals surface area contributed by atoms with Gasteiger partial charge < -0.3 is 10.6 Å². The van der Waals surface area contributed by atoms with Gasteiger partial charge in [-0.05, 0) is 94.4 Å². The molecule has 0 spiro atoms. The Labute approximate surface area is 208 Å². The smallest absolute Gasteiger partial charge is 0.257 e. The van der Waals surface area contributed by atoms with E-state index < -0.39 is 23.0 Å². The summed E-state index contributed by atoms with van der Waals surface area (Å²) in [6, 6.07) is 6.59. The third-order valence-corrected chi connectivity index (χ3v) is 8.12. The number of rotatable bonds is 5. The number of fused-ring (bicyclic) bond motifs is 1. The van der Waals surface area contributed by atoms with Crippen LogP contribution in [0.2, 0.25) is 0 Å². The molecule has 0 unspecified atom stereocenters. The molecule has 188 valence electrons. The van der Waals surface area contributed by atoms with Crippen LogP contribution in [0.4, 0.5) is 14.6 Å². The predicted octanol–water partition coefficient (Wildman–Crippen LogP) is 5.18. The van der Waals surface area contributed by atoms with Gasteiger partial charge in [-0.1, -0.05) is 0 Å². The molecule has 2 N–H and O–H groups in total. The molecule has 4 aliphatic carbocycles. The molecule has 3 aromatic rings. The first kappa shape index (κ1) is 23.1. The van der Waals surface area contributed by atoms with E-state index in [2.05, 4.69) is 15.6 Å². The van der Waals surface area contributed by atoms with Crippen LogP contribution in [0.5, 0.6) is 0 Å². The standard InChI is InChI=1S/C28H30F2N4O2/c1-15(2)31-24-6-4-20-25(35)21(14-34(26(20)32-24)23-5-3-19(29)10-22(23)30)27(36)33-28-11-16-7-17(12-28)9-18(8-16)13-28/h3-6,10,14-18H,7-9,11-13H2,1-2H3,(H,31,32)(H,33,36). The van der Waals surface area contributed by atoms with E-state index in [0.29, 0.717) is 23.6 Å². The SMILES string of the molecule is CC(C)Nc1ccc2c(=O)c(C(=O)NC34CC5CC(CC(C5)C3)C4)cn(-c3ccc(F)cc3F)c2n1. The summed E-state index contributed by atoms with van der Waals surface area (Å²) in [6.07, 6.45) is 7.91. The lowest BCUT2D eigenvalue weighted by molar-refractivity contribution is -0.0167. The van der Waals surface area contributed by atoms with Crippen LogP contribution >= 0.6 is 0 Å². The largest absolute Gasteiger partial charge is 0.368 e. The number of carbonyl (C=O) groups is 1. The second-order valence-corrected chi connectivity index (χ2v) is 11.4. The van der Waals surface area contributed by atoms with Crippen molar-refractivity contribution in [1.29, 1.82) is 0 Å². The molecule has 6 nitrogen and oxygen atoms in total. The van der Waals surface area contributed by atoms with E-state index in [1.807, 2.05) is 13.8 Å². The van der Waals surface area contributed by atoms with E-state index in [9.17, 15) is 18.4 Å². The molecule has 36 heavy (non-hydrogen) atoms. The highest BCUT2D eigenvalue weighted by Crippen LogP contribution is 2.55. The molecular weight excluding hydrogens is 462 g/mol. The van der Waals surface area contributed by atoms with Crippen molar-refractivity contribution < 1.29 is 13.6 Å². The average Bonchev–Trinajstić information content (AvgIpc) is 2.78. The van der Waals surface area contributed by atoms with Gasteiger partial charge in [-0.3, -0.25) is 14.2 Å². The van der Waals surface area contributed by atoms with Crippen LogP contribution in [0, 0.1) is 29.4 Å². The summed E-state index contributed by atoms with van der Waals surface area (Å²) < 4.78 is 30.0. The lowest BCUT2D eigenvalue weighted by Gasteiger charge is -2.56. The Bertz CT molecular complexity index is 1400. The Hall–Kier alpha value is -3.29. The molecule has 4 aliphatic rings. The maximum Gasteiger partial charge on any atom is 0.257 e. The average molecular weight is 493 g/mol. The third-order valence-electron chi connectivity index (χ3n) is 8.12. The highest BCUT2D eigenvalue weighted by molar-refractivity contribution is 5.97. The predicted molar refractivity (Wildman–Crippen MR) is 134 cm³/mol. The van der Waals surface area contributed by atoms with E-state index in [-0.39, 0.29) is 33.9 Å². The van der Waals surface area contributed by atoms with Gasteiger partial charge in [0.2, 0.25) is 5.43 Å². The van der Waals surface area contributed by atoms with Crippen molar-refractivity contribution in [3.05, 3.63) is 63.9 Å². The van der Waals surface area contributed by atoms with Crippen LogP contribution in [0.1, 0.15) is 62.7 Å². The summed E-state index contributed by atoms with van der Waals surface area (Å²) in [5.41, 5.74) is -0.576. The minimum atomic E-state index is -0.809. The third kappa shape index (κ3) is 3.96. The number of hydrogen-bond acceptors (Lipinski definition) is 4. The molecule has 1 amide bonds. The Morgan fingerprint density at radius 3 is 2.33 bits per heavy atom. The van der Waals surface area contributed by atoms with Gasteiger partial charge in [0, 0.05) is 23.8 Å². The first-order valence-electron chi connectivity index (χ1n) is 12.8. The lowest BCUT2D eigenvalue weighted by Crippen LogP contribution is -2.60. The highest BCUT2D eigenvalue weighted by atomic mass is 19.1. The zero-order valence-corrected chi connectivity index (χ0v) is 20.5. The normalized spacial score (nSPS) is 26.5. The molecule has 7 rings (SSSR count). The van der Waals surface area contributed by atoms with Gasteiger partial charge in [0.15, 0.2) is 5.65 Å². The van der Waals surface area contributed by atoms with Gasteiger partial charge in [0.05, 0.1) is 11.1 Å². The Balaban J connectivity index is 1.46. The summed E-state index contributed by atoms with van der Waals surface area (Å²) in [6.45, 7) is 3.91. The number of benzene rings is 1. The van der Waals surface area contributed by atoms with E-state index in [1.165, 1.54) is 36.1 Å².